The zero-order valence-corrected chi connectivity index (χ0v) is 40.4. The van der Waals surface area contributed by atoms with Gasteiger partial charge >= 0.3 is 17.9 Å². The highest BCUT2D eigenvalue weighted by atomic mass is 16.7. The number of carboxylic acids is 1. The molecule has 2 heterocycles. The van der Waals surface area contributed by atoms with E-state index in [2.05, 4.69) is 5.32 Å². The van der Waals surface area contributed by atoms with Crippen LogP contribution in [0, 0.1) is 0 Å². The van der Waals surface area contributed by atoms with E-state index in [1.807, 2.05) is 66.7 Å². The first-order valence-electron chi connectivity index (χ1n) is 23.5. The molecule has 6 aromatic carbocycles. The smallest absolute Gasteiger partial charge is 0.338 e. The van der Waals surface area contributed by atoms with E-state index in [1.165, 1.54) is 12.2 Å². The van der Waals surface area contributed by atoms with Gasteiger partial charge in [-0.2, -0.15) is 0 Å². The van der Waals surface area contributed by atoms with Gasteiger partial charge in [-0.3, -0.25) is 14.4 Å². The molecule has 0 bridgehead atoms. The summed E-state index contributed by atoms with van der Waals surface area (Å²) in [5, 5.41) is 11.3. The van der Waals surface area contributed by atoms with Crippen molar-refractivity contribution in [3.05, 3.63) is 202 Å². The number of carboxylic acid groups (broad SMARTS) is 1. The molecule has 0 spiro atoms. The maximum atomic E-state index is 13.2. The van der Waals surface area contributed by atoms with Crippen LogP contribution in [-0.2, 0) is 54.3 Å². The molecule has 0 saturated carbocycles. The van der Waals surface area contributed by atoms with Crippen molar-refractivity contribution < 1.29 is 62.3 Å². The summed E-state index contributed by atoms with van der Waals surface area (Å²) in [4.78, 5) is 71.9. The Balaban J connectivity index is 0.000000199. The van der Waals surface area contributed by atoms with Crippen LogP contribution in [0.1, 0.15) is 67.9 Å². The summed E-state index contributed by atoms with van der Waals surface area (Å²) in [6.07, 6.45) is 6.92. The highest BCUT2D eigenvalue weighted by Gasteiger charge is 2.22. The van der Waals surface area contributed by atoms with E-state index >= 15 is 0 Å². The Morgan fingerprint density at radius 2 is 0.986 bits per heavy atom. The highest BCUT2D eigenvalue weighted by Crippen LogP contribution is 2.33. The summed E-state index contributed by atoms with van der Waals surface area (Å²) in [6.45, 7) is 4.55. The van der Waals surface area contributed by atoms with Gasteiger partial charge in [-0.1, -0.05) is 97.1 Å². The first-order valence-corrected chi connectivity index (χ1v) is 23.5. The van der Waals surface area contributed by atoms with E-state index in [0.29, 0.717) is 60.2 Å². The number of nitrogens with two attached hydrogens (primary N) is 1. The molecule has 2 atom stereocenters. The number of carbonyl (C=O) groups is 6. The van der Waals surface area contributed by atoms with Crippen LogP contribution in [0.4, 0.5) is 0 Å². The Kier molecular flexibility index (Phi) is 20.2. The quantitative estimate of drug-likeness (QED) is 0.0515. The number of hydrogen-bond acceptors (Lipinski definition) is 13. The van der Waals surface area contributed by atoms with Crippen molar-refractivity contribution >= 4 is 47.5 Å². The molecule has 15 heteroatoms. The van der Waals surface area contributed by atoms with Gasteiger partial charge < -0.3 is 44.6 Å². The molecule has 0 fully saturated rings. The number of ether oxygens (including phenoxy) is 6. The molecule has 73 heavy (non-hydrogen) atoms. The second kappa shape index (κ2) is 27.5. The lowest BCUT2D eigenvalue weighted by Gasteiger charge is -2.17. The van der Waals surface area contributed by atoms with E-state index in [9.17, 15) is 28.8 Å². The molecule has 8 rings (SSSR count). The number of aliphatic carboxylic acids is 1. The molecule has 6 aromatic rings. The average molecular weight is 989 g/mol. The number of nitrogens with one attached hydrogen (secondary N) is 1. The minimum Gasteiger partial charge on any atom is -0.478 e. The van der Waals surface area contributed by atoms with Gasteiger partial charge in [-0.25, -0.2) is 14.4 Å². The van der Waals surface area contributed by atoms with E-state index < -0.39 is 24.0 Å². The summed E-state index contributed by atoms with van der Waals surface area (Å²) in [7, 11) is 0. The number of Topliss-reactive ketones (excluding diaryl/α,β-unsaturated/α-hetero) is 2. The van der Waals surface area contributed by atoms with Crippen molar-refractivity contribution in [3.63, 3.8) is 0 Å². The number of fused-ring (bicyclic) bond motifs is 2. The summed E-state index contributed by atoms with van der Waals surface area (Å²) < 4.78 is 30.9. The summed E-state index contributed by atoms with van der Waals surface area (Å²) in [6, 6.07) is 42.3. The highest BCUT2D eigenvalue weighted by molar-refractivity contribution is 5.97. The van der Waals surface area contributed by atoms with Gasteiger partial charge in [-0.05, 0) is 121 Å². The molecule has 376 valence electrons. The van der Waals surface area contributed by atoms with Gasteiger partial charge in [0.15, 0.2) is 34.6 Å². The molecule has 2 aliphatic rings. The first kappa shape index (κ1) is 53.5. The van der Waals surface area contributed by atoms with Gasteiger partial charge in [0.25, 0.3) is 0 Å². The van der Waals surface area contributed by atoms with Crippen molar-refractivity contribution in [3.8, 4) is 23.0 Å². The fraction of sp³-hybridized carbons (Fsp3) is 0.207. The molecule has 0 radical (unpaired) electrons. The van der Waals surface area contributed by atoms with Crippen molar-refractivity contribution in [2.75, 3.05) is 26.8 Å². The molecular weight excluding hydrogens is 933 g/mol. The van der Waals surface area contributed by atoms with Crippen LogP contribution in [0.15, 0.2) is 158 Å². The number of carbonyl (C=O) groups excluding carboxylic acids is 5. The maximum Gasteiger partial charge on any atom is 0.338 e. The number of amides is 1. The fourth-order valence-electron chi connectivity index (χ4n) is 7.27. The standard InChI is InChI=1S/C29H27NO6.C19H21NO3.C10H8O4/c1-2-34-29(33)23-12-8-21(9-13-23)17-25(31)24(16-20-6-4-3-5-7-20)30-28(32)15-11-22-10-14-26-27(18-22)36-19-35-26;1-2-23-19(22)16-10-8-15(9-11-16)13-18(21)17(20)12-14-6-4-3-5-7-14;11-10(12)4-2-7-1-3-8-9(5-7)14-6-13-8/h3-15,18,24H,2,16-17,19H2,1H3,(H,30,32);3-11,17H,2,12-13,20H2,1H3;1-5H,6H2,(H,11,12)/b15-11+;;4-2+/t24-;17-;/m00./s1. The maximum absolute atomic E-state index is 13.2. The minimum absolute atomic E-state index is 0.0160. The molecule has 1 amide bonds. The monoisotopic (exact) mass is 988 g/mol. The van der Waals surface area contributed by atoms with Crippen LogP contribution in [-0.4, -0.2) is 79.4 Å². The lowest BCUT2D eigenvalue weighted by molar-refractivity contribution is -0.131. The second-order valence-electron chi connectivity index (χ2n) is 16.4. The molecule has 0 saturated heterocycles. The molecule has 2 aliphatic heterocycles. The largest absolute Gasteiger partial charge is 0.478 e. The third kappa shape index (κ3) is 17.2. The predicted octanol–water partition coefficient (Wildman–Crippen LogP) is 8.20. The number of rotatable bonds is 19. The normalized spacial score (nSPS) is 12.6. The Morgan fingerprint density at radius 3 is 1.45 bits per heavy atom. The van der Waals surface area contributed by atoms with E-state index in [1.54, 1.807) is 98.8 Å². The zero-order valence-electron chi connectivity index (χ0n) is 40.4. The third-order valence-electron chi connectivity index (χ3n) is 11.0. The van der Waals surface area contributed by atoms with Crippen LogP contribution >= 0.6 is 0 Å². The summed E-state index contributed by atoms with van der Waals surface area (Å²) >= 11 is 0. The van der Waals surface area contributed by atoms with Gasteiger partial charge in [0.2, 0.25) is 19.5 Å². The number of ketones is 2. The van der Waals surface area contributed by atoms with Crippen molar-refractivity contribution in [2.24, 2.45) is 5.73 Å². The first-order chi connectivity index (χ1) is 35.4. The van der Waals surface area contributed by atoms with Crippen LogP contribution < -0.4 is 30.0 Å². The Labute approximate surface area is 423 Å². The van der Waals surface area contributed by atoms with Crippen LogP contribution in [0.5, 0.6) is 23.0 Å². The number of esters is 2. The van der Waals surface area contributed by atoms with Gasteiger partial charge in [0, 0.05) is 25.0 Å². The molecule has 0 aromatic heterocycles. The SMILES string of the molecule is CCOC(=O)c1ccc(CC(=O)[C@@H](N)Cc2ccccc2)cc1.CCOC(=O)c1ccc(CC(=O)[C@H](Cc2ccccc2)NC(=O)/C=C/c2ccc3c(c2)OCO3)cc1.O=C(O)/C=C/c1ccc2c(c1)OCO2. The van der Waals surface area contributed by atoms with Crippen LogP contribution in [0.2, 0.25) is 0 Å². The van der Waals surface area contributed by atoms with Crippen molar-refractivity contribution in [1.82, 2.24) is 5.32 Å². The lowest BCUT2D eigenvalue weighted by Crippen LogP contribution is -2.42. The van der Waals surface area contributed by atoms with E-state index in [0.717, 1.165) is 39.5 Å². The van der Waals surface area contributed by atoms with Crippen LogP contribution in [0.25, 0.3) is 12.2 Å². The van der Waals surface area contributed by atoms with Gasteiger partial charge in [0.1, 0.15) is 0 Å². The molecular formula is C58H56N2O13. The van der Waals surface area contributed by atoms with Gasteiger partial charge in [0.05, 0.1) is 36.4 Å². The van der Waals surface area contributed by atoms with E-state index in [4.69, 9.17) is 39.3 Å². The Hall–Kier alpha value is -8.82. The number of benzene rings is 6. The Morgan fingerprint density at radius 1 is 0.548 bits per heavy atom. The topological polar surface area (TPSA) is 216 Å². The predicted molar refractivity (Wildman–Crippen MR) is 273 cm³/mol. The van der Waals surface area contributed by atoms with Crippen molar-refractivity contribution in [2.45, 2.75) is 51.6 Å². The lowest BCUT2D eigenvalue weighted by atomic mass is 9.97. The third-order valence-corrected chi connectivity index (χ3v) is 11.0. The minimum atomic E-state index is -0.970. The molecule has 15 nitrogen and oxygen atoms in total. The molecule has 0 unspecified atom stereocenters. The summed E-state index contributed by atoms with van der Waals surface area (Å²) in [5.41, 5.74) is 12.0. The zero-order chi connectivity index (χ0) is 52.0. The fourth-order valence-corrected chi connectivity index (χ4v) is 7.27. The second-order valence-corrected chi connectivity index (χ2v) is 16.4. The average Bonchev–Trinajstić information content (AvgIpc) is 4.08. The number of hydrogen-bond donors (Lipinski definition) is 3. The molecule has 0 aliphatic carbocycles. The van der Waals surface area contributed by atoms with E-state index in [-0.39, 0.29) is 49.9 Å². The van der Waals surface area contributed by atoms with Gasteiger partial charge in [-0.15, -0.1) is 0 Å². The Bertz CT molecular complexity index is 2880. The van der Waals surface area contributed by atoms with Crippen LogP contribution in [0.3, 0.4) is 0 Å². The molecule has 4 N–H and O–H groups in total. The van der Waals surface area contributed by atoms with Crippen molar-refractivity contribution in [1.29, 1.82) is 0 Å². The summed E-state index contributed by atoms with van der Waals surface area (Å²) in [5.74, 6) is 0.386.